The van der Waals surface area contributed by atoms with Gasteiger partial charge in [0, 0.05) is 43.6 Å². The van der Waals surface area contributed by atoms with E-state index in [1.807, 2.05) is 39.9 Å². The molecule has 0 saturated carbocycles. The molecule has 1 aliphatic rings. The minimum Gasteiger partial charge on any atom is -0.334 e. The van der Waals surface area contributed by atoms with Gasteiger partial charge in [-0.05, 0) is 37.0 Å². The lowest BCUT2D eigenvalue weighted by atomic mass is 10.0. The summed E-state index contributed by atoms with van der Waals surface area (Å²) < 4.78 is 2.01. The van der Waals surface area contributed by atoms with Gasteiger partial charge in [-0.3, -0.25) is 4.79 Å². The van der Waals surface area contributed by atoms with Crippen molar-refractivity contribution >= 4 is 5.91 Å². The molecule has 22 heavy (non-hydrogen) atoms. The van der Waals surface area contributed by atoms with Gasteiger partial charge < -0.3 is 15.2 Å². The van der Waals surface area contributed by atoms with Gasteiger partial charge in [0.1, 0.15) is 0 Å². The second kappa shape index (κ2) is 6.75. The quantitative estimate of drug-likeness (QED) is 0.937. The van der Waals surface area contributed by atoms with Crippen LogP contribution < -0.4 is 5.73 Å². The number of carbonyl (C=O) groups excluding carboxylic acids is 1. The second-order valence-corrected chi connectivity index (χ2v) is 5.82. The van der Waals surface area contributed by atoms with E-state index in [0.29, 0.717) is 6.54 Å². The van der Waals surface area contributed by atoms with Crippen molar-refractivity contribution < 1.29 is 4.79 Å². The van der Waals surface area contributed by atoms with Crippen LogP contribution in [0.1, 0.15) is 35.2 Å². The van der Waals surface area contributed by atoms with Crippen molar-refractivity contribution in [1.29, 1.82) is 0 Å². The fourth-order valence-electron chi connectivity index (χ4n) is 3.02. The Kier molecular flexibility index (Phi) is 4.53. The summed E-state index contributed by atoms with van der Waals surface area (Å²) in [5.41, 5.74) is 7.71. The molecule has 0 radical (unpaired) electrons. The van der Waals surface area contributed by atoms with Crippen molar-refractivity contribution in [3.63, 3.8) is 0 Å². The van der Waals surface area contributed by atoms with E-state index in [0.717, 1.165) is 43.5 Å². The number of hydrogen-bond donors (Lipinski definition) is 1. The Morgan fingerprint density at radius 2 is 2.09 bits per heavy atom. The lowest BCUT2D eigenvalue weighted by molar-refractivity contribution is 0.0623. The van der Waals surface area contributed by atoms with Crippen LogP contribution in [0.2, 0.25) is 0 Å². The standard InChI is InChI=1S/C17H22N4O/c18-11-16-3-1-2-9-21(16)17(22)15-6-4-14(5-7-15)12-20-10-8-19-13-20/h4-8,10,13,16H,1-3,9,11-12,18H2/t16-/m1/s1. The highest BCUT2D eigenvalue weighted by atomic mass is 16.2. The summed E-state index contributed by atoms with van der Waals surface area (Å²) >= 11 is 0. The van der Waals surface area contributed by atoms with Gasteiger partial charge in [0.15, 0.2) is 0 Å². The summed E-state index contributed by atoms with van der Waals surface area (Å²) in [6.45, 7) is 2.13. The van der Waals surface area contributed by atoms with E-state index in [2.05, 4.69) is 4.98 Å². The molecule has 116 valence electrons. The van der Waals surface area contributed by atoms with E-state index in [1.165, 1.54) is 0 Å². The molecule has 1 aromatic carbocycles. The van der Waals surface area contributed by atoms with Crippen LogP contribution in [-0.2, 0) is 6.54 Å². The molecule has 1 aromatic heterocycles. The van der Waals surface area contributed by atoms with Gasteiger partial charge in [-0.25, -0.2) is 4.98 Å². The van der Waals surface area contributed by atoms with Crippen LogP contribution in [0.5, 0.6) is 0 Å². The van der Waals surface area contributed by atoms with Gasteiger partial charge >= 0.3 is 0 Å². The molecule has 1 atom stereocenters. The van der Waals surface area contributed by atoms with Crippen molar-refractivity contribution in [2.24, 2.45) is 5.73 Å². The minimum atomic E-state index is 0.101. The van der Waals surface area contributed by atoms with E-state index in [4.69, 9.17) is 5.73 Å². The van der Waals surface area contributed by atoms with Crippen molar-refractivity contribution in [1.82, 2.24) is 14.5 Å². The molecule has 0 unspecified atom stereocenters. The zero-order valence-corrected chi connectivity index (χ0v) is 12.7. The first-order valence-corrected chi connectivity index (χ1v) is 7.83. The average molecular weight is 298 g/mol. The van der Waals surface area contributed by atoms with Crippen LogP contribution in [0.15, 0.2) is 43.0 Å². The predicted molar refractivity (Wildman–Crippen MR) is 85.5 cm³/mol. The van der Waals surface area contributed by atoms with Crippen molar-refractivity contribution in [3.8, 4) is 0 Å². The molecule has 0 aliphatic carbocycles. The van der Waals surface area contributed by atoms with Crippen LogP contribution >= 0.6 is 0 Å². The highest BCUT2D eigenvalue weighted by Crippen LogP contribution is 2.19. The molecule has 3 rings (SSSR count). The summed E-state index contributed by atoms with van der Waals surface area (Å²) in [5, 5.41) is 0. The molecular weight excluding hydrogens is 276 g/mol. The summed E-state index contributed by atoms with van der Waals surface area (Å²) in [5.74, 6) is 0.101. The molecule has 0 spiro atoms. The van der Waals surface area contributed by atoms with Gasteiger partial charge in [0.05, 0.1) is 6.33 Å². The maximum absolute atomic E-state index is 12.7. The molecule has 2 aromatic rings. The third-order valence-electron chi connectivity index (χ3n) is 4.29. The zero-order chi connectivity index (χ0) is 15.4. The third kappa shape index (κ3) is 3.20. The largest absolute Gasteiger partial charge is 0.334 e. The molecular formula is C17H22N4O. The van der Waals surface area contributed by atoms with E-state index in [1.54, 1.807) is 12.5 Å². The molecule has 5 heteroatoms. The third-order valence-corrected chi connectivity index (χ3v) is 4.29. The fourth-order valence-corrected chi connectivity index (χ4v) is 3.02. The number of nitrogens with zero attached hydrogens (tertiary/aromatic N) is 3. The first-order valence-electron chi connectivity index (χ1n) is 7.83. The molecule has 2 heterocycles. The maximum atomic E-state index is 12.7. The molecule has 2 N–H and O–H groups in total. The van der Waals surface area contributed by atoms with Gasteiger partial charge in [-0.15, -0.1) is 0 Å². The SMILES string of the molecule is NC[C@H]1CCCCN1C(=O)c1ccc(Cn2ccnc2)cc1. The van der Waals surface area contributed by atoms with Crippen LogP contribution in [-0.4, -0.2) is 39.5 Å². The molecule has 0 bridgehead atoms. The maximum Gasteiger partial charge on any atom is 0.254 e. The number of rotatable bonds is 4. The number of carbonyl (C=O) groups is 1. The van der Waals surface area contributed by atoms with Gasteiger partial charge in [0.25, 0.3) is 5.91 Å². The number of hydrogen-bond acceptors (Lipinski definition) is 3. The number of aromatic nitrogens is 2. The fraction of sp³-hybridized carbons (Fsp3) is 0.412. The Morgan fingerprint density at radius 1 is 1.27 bits per heavy atom. The summed E-state index contributed by atoms with van der Waals surface area (Å²) in [7, 11) is 0. The predicted octanol–water partition coefficient (Wildman–Crippen LogP) is 1.88. The Morgan fingerprint density at radius 3 is 2.77 bits per heavy atom. The Labute approximate surface area is 130 Å². The number of likely N-dealkylation sites (tertiary alicyclic amines) is 1. The van der Waals surface area contributed by atoms with E-state index in [9.17, 15) is 4.79 Å². The Balaban J connectivity index is 1.70. The van der Waals surface area contributed by atoms with E-state index >= 15 is 0 Å². The van der Waals surface area contributed by atoms with Crippen LogP contribution in [0, 0.1) is 0 Å². The number of amides is 1. The first-order chi connectivity index (χ1) is 10.8. The van der Waals surface area contributed by atoms with Crippen LogP contribution in [0.25, 0.3) is 0 Å². The average Bonchev–Trinajstić information content (AvgIpc) is 3.08. The van der Waals surface area contributed by atoms with Crippen molar-refractivity contribution in [2.75, 3.05) is 13.1 Å². The summed E-state index contributed by atoms with van der Waals surface area (Å²) in [4.78, 5) is 18.6. The molecule has 1 amide bonds. The Hall–Kier alpha value is -2.14. The summed E-state index contributed by atoms with van der Waals surface area (Å²) in [6, 6.07) is 8.03. The lowest BCUT2D eigenvalue weighted by Crippen LogP contribution is -2.47. The number of nitrogens with two attached hydrogens (primary N) is 1. The minimum absolute atomic E-state index is 0.101. The lowest BCUT2D eigenvalue weighted by Gasteiger charge is -2.35. The van der Waals surface area contributed by atoms with Gasteiger partial charge in [-0.2, -0.15) is 0 Å². The highest BCUT2D eigenvalue weighted by Gasteiger charge is 2.26. The summed E-state index contributed by atoms with van der Waals surface area (Å²) in [6.07, 6.45) is 8.73. The zero-order valence-electron chi connectivity index (χ0n) is 12.7. The molecule has 1 aliphatic heterocycles. The van der Waals surface area contributed by atoms with E-state index < -0.39 is 0 Å². The smallest absolute Gasteiger partial charge is 0.254 e. The first kappa shape index (κ1) is 14.8. The van der Waals surface area contributed by atoms with Crippen LogP contribution in [0.3, 0.4) is 0 Å². The van der Waals surface area contributed by atoms with E-state index in [-0.39, 0.29) is 11.9 Å². The number of benzene rings is 1. The second-order valence-electron chi connectivity index (χ2n) is 5.82. The normalized spacial score (nSPS) is 18.4. The number of imidazole rings is 1. The molecule has 1 fully saturated rings. The number of piperidine rings is 1. The van der Waals surface area contributed by atoms with Crippen LogP contribution in [0.4, 0.5) is 0 Å². The van der Waals surface area contributed by atoms with Gasteiger partial charge in [0.2, 0.25) is 0 Å². The van der Waals surface area contributed by atoms with Gasteiger partial charge in [-0.1, -0.05) is 12.1 Å². The molecule has 1 saturated heterocycles. The Bertz CT molecular complexity index is 606. The molecule has 5 nitrogen and oxygen atoms in total. The van der Waals surface area contributed by atoms with Crippen molar-refractivity contribution in [3.05, 3.63) is 54.1 Å². The highest BCUT2D eigenvalue weighted by molar-refractivity contribution is 5.94. The topological polar surface area (TPSA) is 64.2 Å². The van der Waals surface area contributed by atoms with Crippen molar-refractivity contribution in [2.45, 2.75) is 31.8 Å². The monoisotopic (exact) mass is 298 g/mol.